The van der Waals surface area contributed by atoms with Gasteiger partial charge in [-0.2, -0.15) is 0 Å². The fourth-order valence-electron chi connectivity index (χ4n) is 2.19. The van der Waals surface area contributed by atoms with E-state index < -0.39 is 5.54 Å². The van der Waals surface area contributed by atoms with Gasteiger partial charge >= 0.3 is 0 Å². The predicted octanol–water partition coefficient (Wildman–Crippen LogP) is 4.19. The Morgan fingerprint density at radius 3 is 2.33 bits per heavy atom. The number of alkyl halides is 1. The molecule has 0 radical (unpaired) electrons. The molecule has 0 saturated carbocycles. The van der Waals surface area contributed by atoms with E-state index in [2.05, 4.69) is 5.32 Å². The average molecular weight is 302 g/mol. The lowest BCUT2D eigenvalue weighted by Crippen LogP contribution is -2.45. The highest BCUT2D eigenvalue weighted by Crippen LogP contribution is 2.23. The fourth-order valence-corrected chi connectivity index (χ4v) is 2.42. The Morgan fingerprint density at radius 1 is 1.10 bits per heavy atom. The third-order valence-electron chi connectivity index (χ3n) is 3.84. The minimum atomic E-state index is -0.585. The molecule has 0 bridgehead atoms. The van der Waals surface area contributed by atoms with Gasteiger partial charge in [-0.15, -0.1) is 11.6 Å². The number of nitrogens with one attached hydrogen (secondary N) is 1. The molecule has 3 heteroatoms. The van der Waals surface area contributed by atoms with Crippen molar-refractivity contribution < 1.29 is 4.79 Å². The summed E-state index contributed by atoms with van der Waals surface area (Å²) in [6, 6.07) is 15.5. The molecule has 2 aromatic rings. The number of halogens is 1. The minimum Gasteiger partial charge on any atom is -0.342 e. The normalized spacial score (nSPS) is 13.5. The van der Waals surface area contributed by atoms with E-state index >= 15 is 0 Å². The van der Waals surface area contributed by atoms with Crippen LogP contribution in [0.4, 0.5) is 0 Å². The molecule has 1 unspecified atom stereocenters. The van der Waals surface area contributed by atoms with Crippen molar-refractivity contribution in [3.8, 4) is 0 Å². The third-order valence-corrected chi connectivity index (χ3v) is 4.37. The topological polar surface area (TPSA) is 29.1 Å². The largest absolute Gasteiger partial charge is 0.342 e. The Hall–Kier alpha value is -1.80. The van der Waals surface area contributed by atoms with Crippen molar-refractivity contribution in [2.45, 2.75) is 26.3 Å². The molecular weight excluding hydrogens is 282 g/mol. The summed E-state index contributed by atoms with van der Waals surface area (Å²) in [6.45, 7) is 5.97. The standard InChI is InChI=1S/C18H20ClNO/c1-13-9-10-15(11-14(13)2)17(21)20-18(3,12-19)16-7-5-4-6-8-16/h4-11H,12H2,1-3H3,(H,20,21). The van der Waals surface area contributed by atoms with Gasteiger partial charge in [0, 0.05) is 11.4 Å². The number of benzene rings is 2. The van der Waals surface area contributed by atoms with Gasteiger partial charge in [0.2, 0.25) is 0 Å². The van der Waals surface area contributed by atoms with Crippen molar-refractivity contribution in [3.63, 3.8) is 0 Å². The van der Waals surface area contributed by atoms with Crippen molar-refractivity contribution in [1.82, 2.24) is 5.32 Å². The van der Waals surface area contributed by atoms with E-state index in [-0.39, 0.29) is 5.91 Å². The van der Waals surface area contributed by atoms with Gasteiger partial charge in [0.25, 0.3) is 5.91 Å². The second kappa shape index (κ2) is 6.31. The van der Waals surface area contributed by atoms with Crippen LogP contribution in [0.1, 0.15) is 34.0 Å². The van der Waals surface area contributed by atoms with Gasteiger partial charge in [0.15, 0.2) is 0 Å². The quantitative estimate of drug-likeness (QED) is 0.843. The maximum Gasteiger partial charge on any atom is 0.252 e. The van der Waals surface area contributed by atoms with E-state index in [4.69, 9.17) is 11.6 Å². The fraction of sp³-hybridized carbons (Fsp3) is 0.278. The van der Waals surface area contributed by atoms with Crippen molar-refractivity contribution in [1.29, 1.82) is 0 Å². The van der Waals surface area contributed by atoms with Gasteiger partial charge in [-0.1, -0.05) is 36.4 Å². The Balaban J connectivity index is 2.26. The Labute approximate surface area is 131 Å². The first-order valence-electron chi connectivity index (χ1n) is 6.97. The molecule has 2 nitrogen and oxygen atoms in total. The molecule has 0 heterocycles. The zero-order valence-electron chi connectivity index (χ0n) is 12.6. The summed E-state index contributed by atoms with van der Waals surface area (Å²) >= 11 is 6.12. The van der Waals surface area contributed by atoms with E-state index in [0.29, 0.717) is 11.4 Å². The molecule has 21 heavy (non-hydrogen) atoms. The van der Waals surface area contributed by atoms with Gasteiger partial charge < -0.3 is 5.32 Å². The summed E-state index contributed by atoms with van der Waals surface area (Å²) in [5.41, 5.74) is 3.35. The second-order valence-electron chi connectivity index (χ2n) is 5.58. The van der Waals surface area contributed by atoms with Crippen LogP contribution in [-0.4, -0.2) is 11.8 Å². The van der Waals surface area contributed by atoms with Crippen molar-refractivity contribution >= 4 is 17.5 Å². The third kappa shape index (κ3) is 3.45. The van der Waals surface area contributed by atoms with Crippen LogP contribution >= 0.6 is 11.6 Å². The van der Waals surface area contributed by atoms with Gasteiger partial charge in [0.1, 0.15) is 0 Å². The number of hydrogen-bond acceptors (Lipinski definition) is 1. The van der Waals surface area contributed by atoms with Crippen LogP contribution in [-0.2, 0) is 5.54 Å². The summed E-state index contributed by atoms with van der Waals surface area (Å²) in [6.07, 6.45) is 0. The van der Waals surface area contributed by atoms with Crippen LogP contribution < -0.4 is 5.32 Å². The highest BCUT2D eigenvalue weighted by atomic mass is 35.5. The predicted molar refractivity (Wildman–Crippen MR) is 87.9 cm³/mol. The molecule has 0 spiro atoms. The lowest BCUT2D eigenvalue weighted by Gasteiger charge is -2.29. The molecule has 2 rings (SSSR count). The molecule has 0 fully saturated rings. The molecule has 0 saturated heterocycles. The zero-order chi connectivity index (χ0) is 15.5. The number of aryl methyl sites for hydroxylation is 2. The maximum atomic E-state index is 12.5. The molecule has 1 amide bonds. The molecule has 0 aliphatic carbocycles. The van der Waals surface area contributed by atoms with Gasteiger partial charge in [-0.25, -0.2) is 0 Å². The number of carbonyl (C=O) groups is 1. The first-order chi connectivity index (χ1) is 9.96. The lowest BCUT2D eigenvalue weighted by atomic mass is 9.93. The lowest BCUT2D eigenvalue weighted by molar-refractivity contribution is 0.0913. The SMILES string of the molecule is Cc1ccc(C(=O)NC(C)(CCl)c2ccccc2)cc1C. The first kappa shape index (κ1) is 15.6. The molecule has 0 aromatic heterocycles. The van der Waals surface area contributed by atoms with E-state index in [1.807, 2.05) is 69.3 Å². The Morgan fingerprint density at radius 2 is 1.76 bits per heavy atom. The number of rotatable bonds is 4. The second-order valence-corrected chi connectivity index (χ2v) is 5.85. The number of carbonyl (C=O) groups excluding carboxylic acids is 1. The average Bonchev–Trinajstić information content (AvgIpc) is 2.50. The summed E-state index contributed by atoms with van der Waals surface area (Å²) in [4.78, 5) is 12.5. The van der Waals surface area contributed by atoms with Crippen LogP contribution in [0.15, 0.2) is 48.5 Å². The highest BCUT2D eigenvalue weighted by molar-refractivity contribution is 6.19. The summed E-state index contributed by atoms with van der Waals surface area (Å²) in [7, 11) is 0. The number of hydrogen-bond donors (Lipinski definition) is 1. The highest BCUT2D eigenvalue weighted by Gasteiger charge is 2.28. The Bertz CT molecular complexity index is 639. The maximum absolute atomic E-state index is 12.5. The van der Waals surface area contributed by atoms with Crippen LogP contribution in [0.2, 0.25) is 0 Å². The van der Waals surface area contributed by atoms with Crippen LogP contribution in [0, 0.1) is 13.8 Å². The summed E-state index contributed by atoms with van der Waals surface area (Å²) in [5, 5.41) is 3.05. The van der Waals surface area contributed by atoms with E-state index in [0.717, 1.165) is 11.1 Å². The zero-order valence-corrected chi connectivity index (χ0v) is 13.4. The van der Waals surface area contributed by atoms with Crippen LogP contribution in [0.3, 0.4) is 0 Å². The van der Waals surface area contributed by atoms with Crippen LogP contribution in [0.5, 0.6) is 0 Å². The van der Waals surface area contributed by atoms with Crippen molar-refractivity contribution in [2.24, 2.45) is 0 Å². The Kier molecular flexibility index (Phi) is 4.69. The van der Waals surface area contributed by atoms with Crippen molar-refractivity contribution in [3.05, 3.63) is 70.8 Å². The smallest absolute Gasteiger partial charge is 0.252 e. The van der Waals surface area contributed by atoms with Gasteiger partial charge in [-0.3, -0.25) is 4.79 Å². The van der Waals surface area contributed by atoms with Crippen LogP contribution in [0.25, 0.3) is 0 Å². The van der Waals surface area contributed by atoms with Gasteiger partial charge in [0.05, 0.1) is 5.54 Å². The minimum absolute atomic E-state index is 0.106. The molecule has 1 N–H and O–H groups in total. The van der Waals surface area contributed by atoms with E-state index in [9.17, 15) is 4.79 Å². The molecule has 110 valence electrons. The van der Waals surface area contributed by atoms with Gasteiger partial charge in [-0.05, 0) is 49.6 Å². The molecular formula is C18H20ClNO. The number of amides is 1. The van der Waals surface area contributed by atoms with E-state index in [1.54, 1.807) is 0 Å². The molecule has 0 aliphatic heterocycles. The molecule has 1 atom stereocenters. The summed E-state index contributed by atoms with van der Waals surface area (Å²) < 4.78 is 0. The first-order valence-corrected chi connectivity index (χ1v) is 7.51. The molecule has 2 aromatic carbocycles. The van der Waals surface area contributed by atoms with Crippen molar-refractivity contribution in [2.75, 3.05) is 5.88 Å². The monoisotopic (exact) mass is 301 g/mol. The molecule has 0 aliphatic rings. The van der Waals surface area contributed by atoms with E-state index in [1.165, 1.54) is 5.56 Å². The summed E-state index contributed by atoms with van der Waals surface area (Å²) in [5.74, 6) is 0.207.